The first kappa shape index (κ1) is 16.2. The Labute approximate surface area is 142 Å². The summed E-state index contributed by atoms with van der Waals surface area (Å²) in [7, 11) is -3.49. The predicted octanol–water partition coefficient (Wildman–Crippen LogP) is 4.15. The number of sulfonamides is 1. The average Bonchev–Trinajstić information content (AvgIpc) is 3.18. The normalized spacial score (nSPS) is 20.1. The van der Waals surface area contributed by atoms with E-state index in [1.165, 1.54) is 11.3 Å². The lowest BCUT2D eigenvalue weighted by atomic mass is 10.1. The molecule has 22 heavy (non-hydrogen) atoms. The minimum absolute atomic E-state index is 0.234. The summed E-state index contributed by atoms with van der Waals surface area (Å²) in [6, 6.07) is 5.05. The van der Waals surface area contributed by atoms with Crippen molar-refractivity contribution in [3.05, 3.63) is 33.4 Å². The van der Waals surface area contributed by atoms with Crippen molar-refractivity contribution in [2.75, 3.05) is 6.54 Å². The van der Waals surface area contributed by atoms with Crippen LogP contribution >= 0.6 is 27.3 Å². The molecule has 0 radical (unpaired) electrons. The number of nitrogens with zero attached hydrogens (tertiary/aromatic N) is 2. The second kappa shape index (κ2) is 6.07. The van der Waals surface area contributed by atoms with Crippen molar-refractivity contribution in [3.63, 3.8) is 0 Å². The maximum Gasteiger partial charge on any atom is 0.253 e. The second-order valence-corrected chi connectivity index (χ2v) is 10.2. The van der Waals surface area contributed by atoms with Crippen LogP contribution in [0.25, 0.3) is 0 Å². The molecule has 3 heterocycles. The van der Waals surface area contributed by atoms with Crippen LogP contribution in [0.5, 0.6) is 0 Å². The molecule has 2 aromatic rings. The zero-order chi connectivity index (χ0) is 15.9. The Kier molecular flexibility index (Phi) is 4.46. The second-order valence-electron chi connectivity index (χ2n) is 5.64. The molecule has 3 rings (SSSR count). The molecule has 2 aromatic heterocycles. The molecule has 1 fully saturated rings. The highest BCUT2D eigenvalue weighted by Gasteiger charge is 2.38. The Morgan fingerprint density at radius 2 is 2.23 bits per heavy atom. The molecule has 1 aliphatic heterocycles. The summed E-state index contributed by atoms with van der Waals surface area (Å²) in [5.41, 5.74) is 0.709. The van der Waals surface area contributed by atoms with Gasteiger partial charge in [-0.3, -0.25) is 0 Å². The van der Waals surface area contributed by atoms with E-state index in [4.69, 9.17) is 4.52 Å². The van der Waals surface area contributed by atoms with Gasteiger partial charge in [-0.05, 0) is 40.9 Å². The molecule has 1 aliphatic rings. The van der Waals surface area contributed by atoms with Gasteiger partial charge in [0.1, 0.15) is 15.7 Å². The molecule has 0 unspecified atom stereocenters. The van der Waals surface area contributed by atoms with E-state index in [0.717, 1.165) is 22.4 Å². The summed E-state index contributed by atoms with van der Waals surface area (Å²) in [5.74, 6) is 1.03. The van der Waals surface area contributed by atoms with Gasteiger partial charge in [0.15, 0.2) is 0 Å². The quantitative estimate of drug-likeness (QED) is 0.767. The van der Waals surface area contributed by atoms with E-state index in [-0.39, 0.29) is 12.0 Å². The number of halogens is 1. The number of thiophene rings is 1. The van der Waals surface area contributed by atoms with E-state index >= 15 is 0 Å². The van der Waals surface area contributed by atoms with Crippen LogP contribution in [0, 0.1) is 0 Å². The van der Waals surface area contributed by atoms with Crippen LogP contribution in [0.3, 0.4) is 0 Å². The third-order valence-corrected chi connectivity index (χ3v) is 7.77. The van der Waals surface area contributed by atoms with Crippen molar-refractivity contribution in [2.24, 2.45) is 0 Å². The highest BCUT2D eigenvalue weighted by Crippen LogP contribution is 2.39. The van der Waals surface area contributed by atoms with Crippen LogP contribution in [-0.4, -0.2) is 24.4 Å². The van der Waals surface area contributed by atoms with Gasteiger partial charge in [-0.1, -0.05) is 19.0 Å². The van der Waals surface area contributed by atoms with E-state index in [9.17, 15) is 8.42 Å². The fraction of sp³-hybridized carbons (Fsp3) is 0.500. The van der Waals surface area contributed by atoms with Gasteiger partial charge in [0.05, 0.1) is 9.83 Å². The highest BCUT2D eigenvalue weighted by molar-refractivity contribution is 9.11. The fourth-order valence-electron chi connectivity index (χ4n) is 2.61. The van der Waals surface area contributed by atoms with Gasteiger partial charge in [-0.15, -0.1) is 11.3 Å². The van der Waals surface area contributed by atoms with Crippen LogP contribution < -0.4 is 0 Å². The molecule has 1 atom stereocenters. The molecule has 8 heteroatoms. The fourth-order valence-corrected chi connectivity index (χ4v) is 6.42. The summed E-state index contributed by atoms with van der Waals surface area (Å²) < 4.78 is 33.7. The van der Waals surface area contributed by atoms with Crippen LogP contribution in [0.4, 0.5) is 0 Å². The molecule has 0 amide bonds. The van der Waals surface area contributed by atoms with Crippen molar-refractivity contribution in [2.45, 2.75) is 42.9 Å². The monoisotopic (exact) mass is 404 g/mol. The van der Waals surface area contributed by atoms with E-state index in [2.05, 4.69) is 21.1 Å². The lowest BCUT2D eigenvalue weighted by Gasteiger charge is -2.21. The molecule has 0 saturated carbocycles. The molecular formula is C14H17BrN2O3S2. The van der Waals surface area contributed by atoms with E-state index in [0.29, 0.717) is 16.4 Å². The van der Waals surface area contributed by atoms with Crippen LogP contribution in [0.15, 0.2) is 30.7 Å². The molecule has 1 saturated heterocycles. The van der Waals surface area contributed by atoms with Crippen molar-refractivity contribution in [1.82, 2.24) is 9.46 Å². The third-order valence-electron chi connectivity index (χ3n) is 3.77. The summed E-state index contributed by atoms with van der Waals surface area (Å²) >= 11 is 4.55. The van der Waals surface area contributed by atoms with E-state index in [1.54, 1.807) is 16.4 Å². The summed E-state index contributed by atoms with van der Waals surface area (Å²) in [4.78, 5) is 0. The van der Waals surface area contributed by atoms with E-state index < -0.39 is 10.0 Å². The van der Waals surface area contributed by atoms with Crippen LogP contribution in [-0.2, 0) is 10.0 Å². The Morgan fingerprint density at radius 1 is 1.45 bits per heavy atom. The van der Waals surface area contributed by atoms with Crippen molar-refractivity contribution in [1.29, 1.82) is 0 Å². The van der Waals surface area contributed by atoms with Gasteiger partial charge in [0.2, 0.25) is 0 Å². The van der Waals surface area contributed by atoms with Gasteiger partial charge in [-0.2, -0.15) is 4.31 Å². The average molecular weight is 405 g/mol. The van der Waals surface area contributed by atoms with Gasteiger partial charge < -0.3 is 4.52 Å². The zero-order valence-electron chi connectivity index (χ0n) is 12.3. The number of rotatable bonds is 4. The maximum atomic E-state index is 12.8. The van der Waals surface area contributed by atoms with Gasteiger partial charge >= 0.3 is 0 Å². The minimum atomic E-state index is -3.49. The topological polar surface area (TPSA) is 63.4 Å². The first-order valence-corrected chi connectivity index (χ1v) is 10.2. The van der Waals surface area contributed by atoms with Gasteiger partial charge in [-0.25, -0.2) is 8.42 Å². The highest BCUT2D eigenvalue weighted by atomic mass is 79.9. The number of hydrogen-bond acceptors (Lipinski definition) is 5. The van der Waals surface area contributed by atoms with Crippen molar-refractivity contribution >= 4 is 37.3 Å². The molecule has 0 aliphatic carbocycles. The van der Waals surface area contributed by atoms with Crippen molar-refractivity contribution in [3.8, 4) is 0 Å². The van der Waals surface area contributed by atoms with Crippen LogP contribution in [0.1, 0.15) is 50.1 Å². The standard InChI is InChI=1S/C14H17BrN2O3S2/c1-9(2)12-8-10(16-20-12)11-4-3-7-17(11)22(18,19)14-6-5-13(15)21-14/h5-6,8-9,11H,3-4,7H2,1-2H3/t11-/m1/s1. The molecule has 0 N–H and O–H groups in total. The van der Waals surface area contributed by atoms with Gasteiger partial charge in [0, 0.05) is 18.5 Å². The molecular weight excluding hydrogens is 388 g/mol. The SMILES string of the molecule is CC(C)c1cc([C@H]2CCCN2S(=O)(=O)c2ccc(Br)s2)no1. The molecule has 0 spiro atoms. The molecule has 120 valence electrons. The first-order valence-electron chi connectivity index (χ1n) is 7.13. The lowest BCUT2D eigenvalue weighted by molar-refractivity contribution is 0.338. The molecule has 0 bridgehead atoms. The number of hydrogen-bond donors (Lipinski definition) is 0. The molecule has 0 aromatic carbocycles. The Bertz CT molecular complexity index is 767. The molecule has 5 nitrogen and oxygen atoms in total. The van der Waals surface area contributed by atoms with Gasteiger partial charge in [0.25, 0.3) is 10.0 Å². The zero-order valence-corrected chi connectivity index (χ0v) is 15.5. The van der Waals surface area contributed by atoms with E-state index in [1.807, 2.05) is 19.9 Å². The largest absolute Gasteiger partial charge is 0.361 e. The predicted molar refractivity (Wildman–Crippen MR) is 88.5 cm³/mol. The summed E-state index contributed by atoms with van der Waals surface area (Å²) in [6.07, 6.45) is 1.61. The minimum Gasteiger partial charge on any atom is -0.361 e. The summed E-state index contributed by atoms with van der Waals surface area (Å²) in [5, 5.41) is 4.10. The number of aromatic nitrogens is 1. The van der Waals surface area contributed by atoms with Crippen molar-refractivity contribution < 1.29 is 12.9 Å². The Balaban J connectivity index is 1.92. The maximum absolute atomic E-state index is 12.8. The lowest BCUT2D eigenvalue weighted by Crippen LogP contribution is -2.30. The van der Waals surface area contributed by atoms with Crippen LogP contribution in [0.2, 0.25) is 0 Å². The smallest absolute Gasteiger partial charge is 0.253 e. The summed E-state index contributed by atoms with van der Waals surface area (Å²) in [6.45, 7) is 4.57. The Hall–Kier alpha value is -0.700. The Morgan fingerprint density at radius 3 is 2.82 bits per heavy atom. The third kappa shape index (κ3) is 2.89. The first-order chi connectivity index (χ1) is 10.4.